The molecule has 0 bridgehead atoms. The highest BCUT2D eigenvalue weighted by Crippen LogP contribution is 2.26. The lowest BCUT2D eigenvalue weighted by molar-refractivity contribution is -0.140. The normalized spacial score (nSPS) is 15.1. The number of aliphatic hydroxyl groups is 1. The number of rotatable bonds is 31. The number of primary amides is 1. The molecular weight excluding hydrogens is 724 g/mol. The summed E-state index contributed by atoms with van der Waals surface area (Å²) in [6.07, 6.45) is -4.97. The Labute approximate surface area is 320 Å². The van der Waals surface area contributed by atoms with E-state index in [0.29, 0.717) is 6.42 Å². The summed E-state index contributed by atoms with van der Waals surface area (Å²) in [5.41, 5.74) is 11.2. The SMILES string of the molecule is CC(C)CC(CC(=O)[C@H](CC(N)=O)NC(=O)C(CC(=O)[C@@H](N)CCC(=O)O)C(C)C)[C@@H](O)C[C@@H](C)C(=O)CCC(=O)N[C@@H](CCC(=O)O)C(=O)CCC(=O)O. The maximum atomic E-state index is 13.6. The lowest BCUT2D eigenvalue weighted by Gasteiger charge is -2.28. The van der Waals surface area contributed by atoms with Crippen molar-refractivity contribution in [1.29, 1.82) is 0 Å². The molecule has 0 spiro atoms. The molecule has 3 amide bonds. The van der Waals surface area contributed by atoms with E-state index in [1.54, 1.807) is 13.8 Å². The van der Waals surface area contributed by atoms with E-state index < -0.39 is 132 Å². The number of carboxylic acid groups (broad SMARTS) is 3. The minimum atomic E-state index is -1.39. The number of aliphatic carboxylic acids is 3. The Morgan fingerprint density at radius 2 is 1.13 bits per heavy atom. The van der Waals surface area contributed by atoms with Gasteiger partial charge in [-0.2, -0.15) is 0 Å². The molecule has 55 heavy (non-hydrogen) atoms. The first-order valence-electron chi connectivity index (χ1n) is 18.5. The number of carbonyl (C=O) groups excluding carboxylic acids is 7. The molecule has 18 heteroatoms. The van der Waals surface area contributed by atoms with Gasteiger partial charge in [0.2, 0.25) is 17.7 Å². The van der Waals surface area contributed by atoms with E-state index >= 15 is 0 Å². The van der Waals surface area contributed by atoms with Crippen LogP contribution >= 0.6 is 0 Å². The molecule has 0 saturated carbocycles. The van der Waals surface area contributed by atoms with Crippen molar-refractivity contribution >= 4 is 58.8 Å². The standard InChI is InChI=1S/C37H60N4O14/c1-19(2)14-22(16-31(46)26(18-32(39)47)41-37(55)23(20(3)4)17-30(45)24(38)6-11-34(49)50)29(44)15-21(5)27(42)8-10-33(48)40-25(7-12-35(51)52)28(43)9-13-36(53)54/h19-26,29,44H,6-18,38H2,1-5H3,(H2,39,47)(H,40,48)(H,41,55)(H,49,50)(H,51,52)(H,53,54)/t21-,22?,23?,24+,25+,26+,29+/m1/s1. The number of hydrogen-bond donors (Lipinski definition) is 8. The second-order valence-electron chi connectivity index (χ2n) is 14.9. The van der Waals surface area contributed by atoms with E-state index in [4.69, 9.17) is 26.8 Å². The van der Waals surface area contributed by atoms with Crippen LogP contribution in [0.15, 0.2) is 0 Å². The fourth-order valence-electron chi connectivity index (χ4n) is 5.97. The predicted octanol–water partition coefficient (Wildman–Crippen LogP) is 0.912. The van der Waals surface area contributed by atoms with Crippen LogP contribution in [0.3, 0.4) is 0 Å². The number of nitrogens with two attached hydrogens (primary N) is 2. The fraction of sp³-hybridized carbons (Fsp3) is 0.730. The van der Waals surface area contributed by atoms with Crippen molar-refractivity contribution in [3.63, 3.8) is 0 Å². The van der Waals surface area contributed by atoms with Crippen molar-refractivity contribution in [3.05, 3.63) is 0 Å². The zero-order chi connectivity index (χ0) is 42.6. The van der Waals surface area contributed by atoms with Gasteiger partial charge in [-0.25, -0.2) is 0 Å². The van der Waals surface area contributed by atoms with Gasteiger partial charge in [-0.1, -0.05) is 34.6 Å². The first-order valence-corrected chi connectivity index (χ1v) is 18.5. The molecule has 0 fully saturated rings. The zero-order valence-electron chi connectivity index (χ0n) is 32.4. The summed E-state index contributed by atoms with van der Waals surface area (Å²) in [5, 5.41) is 42.9. The summed E-state index contributed by atoms with van der Waals surface area (Å²) in [6.45, 7) is 8.56. The molecule has 0 aliphatic rings. The average molecular weight is 785 g/mol. The minimum absolute atomic E-state index is 0.0275. The minimum Gasteiger partial charge on any atom is -0.481 e. The van der Waals surface area contributed by atoms with E-state index in [1.807, 2.05) is 13.8 Å². The van der Waals surface area contributed by atoms with Crippen LogP contribution < -0.4 is 22.1 Å². The highest BCUT2D eigenvalue weighted by Gasteiger charge is 2.34. The van der Waals surface area contributed by atoms with Crippen molar-refractivity contribution in [1.82, 2.24) is 10.6 Å². The van der Waals surface area contributed by atoms with Gasteiger partial charge in [0, 0.05) is 56.8 Å². The molecule has 0 aromatic heterocycles. The molecule has 0 rings (SSSR count). The summed E-state index contributed by atoms with van der Waals surface area (Å²) in [7, 11) is 0. The average Bonchev–Trinajstić information content (AvgIpc) is 3.07. The van der Waals surface area contributed by atoms with Gasteiger partial charge in [0.15, 0.2) is 11.6 Å². The van der Waals surface area contributed by atoms with E-state index in [1.165, 1.54) is 6.92 Å². The number of ketones is 4. The molecule has 18 nitrogen and oxygen atoms in total. The van der Waals surface area contributed by atoms with Gasteiger partial charge < -0.3 is 42.5 Å². The highest BCUT2D eigenvalue weighted by atomic mass is 16.4. The molecule has 0 aromatic carbocycles. The van der Waals surface area contributed by atoms with Crippen LogP contribution in [0, 0.1) is 29.6 Å². The van der Waals surface area contributed by atoms with Crippen LogP contribution in [0.1, 0.15) is 118 Å². The second kappa shape index (κ2) is 25.5. The molecule has 0 saturated heterocycles. The molecule has 0 aliphatic carbocycles. The summed E-state index contributed by atoms with van der Waals surface area (Å²) < 4.78 is 0. The van der Waals surface area contributed by atoms with Gasteiger partial charge >= 0.3 is 17.9 Å². The summed E-state index contributed by atoms with van der Waals surface area (Å²) in [6, 6.07) is -3.76. The van der Waals surface area contributed by atoms with Crippen molar-refractivity contribution in [2.24, 2.45) is 41.1 Å². The van der Waals surface area contributed by atoms with E-state index in [0.717, 1.165) is 0 Å². The van der Waals surface area contributed by atoms with Crippen LogP contribution in [0.2, 0.25) is 0 Å². The number of hydrogen-bond acceptors (Lipinski definition) is 12. The monoisotopic (exact) mass is 784 g/mol. The quantitative estimate of drug-likeness (QED) is 0.0484. The highest BCUT2D eigenvalue weighted by molar-refractivity contribution is 5.95. The van der Waals surface area contributed by atoms with Gasteiger partial charge in [0.1, 0.15) is 11.6 Å². The molecule has 0 aliphatic heterocycles. The van der Waals surface area contributed by atoms with Gasteiger partial charge in [0.05, 0.1) is 37.1 Å². The third-order valence-electron chi connectivity index (χ3n) is 9.24. The third-order valence-corrected chi connectivity index (χ3v) is 9.24. The van der Waals surface area contributed by atoms with Crippen LogP contribution in [-0.2, 0) is 47.9 Å². The van der Waals surface area contributed by atoms with Gasteiger partial charge in [-0.15, -0.1) is 0 Å². The Bertz CT molecular complexity index is 1380. The van der Waals surface area contributed by atoms with Crippen LogP contribution in [-0.4, -0.2) is 103 Å². The van der Waals surface area contributed by atoms with Crippen molar-refractivity contribution in [2.75, 3.05) is 0 Å². The zero-order valence-corrected chi connectivity index (χ0v) is 32.4. The first-order chi connectivity index (χ1) is 25.4. The number of Topliss-reactive ketones (excluding diaryl/α,β-unsaturated/α-hetero) is 4. The maximum absolute atomic E-state index is 13.6. The van der Waals surface area contributed by atoms with Crippen molar-refractivity contribution in [3.8, 4) is 0 Å². The smallest absolute Gasteiger partial charge is 0.303 e. The summed E-state index contributed by atoms with van der Waals surface area (Å²) >= 11 is 0. The lowest BCUT2D eigenvalue weighted by atomic mass is 9.81. The molecule has 7 atom stereocenters. The number of carbonyl (C=O) groups is 10. The molecule has 0 radical (unpaired) electrons. The van der Waals surface area contributed by atoms with Crippen molar-refractivity contribution < 1.29 is 68.4 Å². The Hall–Kier alpha value is -4.58. The van der Waals surface area contributed by atoms with Crippen molar-refractivity contribution in [2.45, 2.75) is 142 Å². The molecule has 10 N–H and O–H groups in total. The first kappa shape index (κ1) is 50.4. The van der Waals surface area contributed by atoms with E-state index in [-0.39, 0.29) is 57.3 Å². The number of carboxylic acids is 3. The number of nitrogens with one attached hydrogen (secondary N) is 2. The number of amides is 3. The molecule has 312 valence electrons. The topological polar surface area (TPSA) is 328 Å². The predicted molar refractivity (Wildman–Crippen MR) is 196 cm³/mol. The van der Waals surface area contributed by atoms with E-state index in [9.17, 15) is 53.1 Å². The molecule has 0 heterocycles. The Morgan fingerprint density at radius 1 is 0.582 bits per heavy atom. The van der Waals surface area contributed by atoms with Crippen LogP contribution in [0.4, 0.5) is 0 Å². The van der Waals surface area contributed by atoms with Gasteiger partial charge in [-0.05, 0) is 43.4 Å². The Kier molecular flexibility index (Phi) is 23.4. The summed E-state index contributed by atoms with van der Waals surface area (Å²) in [5.74, 6) is -11.1. The number of aliphatic hydroxyl groups excluding tert-OH is 1. The van der Waals surface area contributed by atoms with Gasteiger partial charge in [0.25, 0.3) is 0 Å². The molecular formula is C37H60N4O14. The molecule has 2 unspecified atom stereocenters. The second-order valence-corrected chi connectivity index (χ2v) is 14.9. The third kappa shape index (κ3) is 21.8. The molecule has 0 aromatic rings. The lowest BCUT2D eigenvalue weighted by Crippen LogP contribution is -2.48. The Balaban J connectivity index is 5.67. The van der Waals surface area contributed by atoms with E-state index in [2.05, 4.69) is 10.6 Å². The Morgan fingerprint density at radius 3 is 1.64 bits per heavy atom. The maximum Gasteiger partial charge on any atom is 0.303 e. The largest absolute Gasteiger partial charge is 0.481 e. The van der Waals surface area contributed by atoms with Crippen LogP contribution in [0.25, 0.3) is 0 Å². The van der Waals surface area contributed by atoms with Gasteiger partial charge in [-0.3, -0.25) is 47.9 Å². The fourth-order valence-corrected chi connectivity index (χ4v) is 5.97. The van der Waals surface area contributed by atoms with Crippen LogP contribution in [0.5, 0.6) is 0 Å². The summed E-state index contributed by atoms with van der Waals surface area (Å²) in [4.78, 5) is 122.